The second-order valence-corrected chi connectivity index (χ2v) is 11.2. The third-order valence-electron chi connectivity index (χ3n) is 6.40. The Hall–Kier alpha value is -2.65. The number of hydrogen-bond donors (Lipinski definition) is 2. The summed E-state index contributed by atoms with van der Waals surface area (Å²) in [5.41, 5.74) is -0.950. The van der Waals surface area contributed by atoms with Crippen molar-refractivity contribution < 1.29 is 23.4 Å². The molecule has 1 aliphatic carbocycles. The first-order valence-corrected chi connectivity index (χ1v) is 13.0. The number of carbonyl (C=O) groups is 1. The molecular formula is C26H33Cl2FN4O4. The number of aliphatic imine (C=N–C) groups is 1. The van der Waals surface area contributed by atoms with Crippen LogP contribution in [0.4, 0.5) is 14.9 Å². The van der Waals surface area contributed by atoms with Crippen LogP contribution in [0.25, 0.3) is 0 Å². The van der Waals surface area contributed by atoms with Crippen LogP contribution in [-0.4, -0.2) is 67.1 Å². The highest BCUT2D eigenvalue weighted by Gasteiger charge is 2.41. The topological polar surface area (TPSA) is 84.4 Å². The van der Waals surface area contributed by atoms with E-state index >= 15 is 4.39 Å². The number of carbonyl (C=O) groups excluding carboxylic acids is 1. The number of anilines is 1. The van der Waals surface area contributed by atoms with E-state index in [0.717, 1.165) is 5.69 Å². The lowest BCUT2D eigenvalue weighted by Gasteiger charge is -2.34. The second kappa shape index (κ2) is 10.6. The number of hydrogen-bond acceptors (Lipinski definition) is 7. The molecule has 37 heavy (non-hydrogen) atoms. The van der Waals surface area contributed by atoms with E-state index in [-0.39, 0.29) is 22.3 Å². The largest absolute Gasteiger partial charge is 0.493 e. The monoisotopic (exact) mass is 554 g/mol. The predicted octanol–water partition coefficient (Wildman–Crippen LogP) is 5.55. The van der Waals surface area contributed by atoms with E-state index in [1.165, 1.54) is 6.92 Å². The summed E-state index contributed by atoms with van der Waals surface area (Å²) in [6.45, 7) is 8.31. The van der Waals surface area contributed by atoms with Crippen molar-refractivity contribution >= 4 is 40.8 Å². The van der Waals surface area contributed by atoms with Gasteiger partial charge in [-0.25, -0.2) is 14.2 Å². The number of piperidine rings is 1. The number of rotatable bonds is 4. The molecule has 1 aromatic rings. The van der Waals surface area contributed by atoms with Gasteiger partial charge in [0, 0.05) is 37.6 Å². The SMILES string of the molecule is COc1cc2c(cc1OC1CCN(C(=O)OC(C)(C)C)CC1)C(NC1C=CC(Cl)=C(Cl)C1(C)F)=NCN2. The van der Waals surface area contributed by atoms with Crippen molar-refractivity contribution in [3.8, 4) is 11.5 Å². The first-order valence-electron chi connectivity index (χ1n) is 12.2. The molecule has 202 valence electrons. The summed E-state index contributed by atoms with van der Waals surface area (Å²) in [6, 6.07) is 2.90. The highest BCUT2D eigenvalue weighted by Crippen LogP contribution is 2.39. The second-order valence-electron chi connectivity index (χ2n) is 10.4. The van der Waals surface area contributed by atoms with Crippen LogP contribution < -0.4 is 20.1 Å². The molecular weight excluding hydrogens is 522 g/mol. The normalized spacial score (nSPS) is 24.2. The third kappa shape index (κ3) is 6.09. The molecule has 0 aromatic heterocycles. The number of amidine groups is 1. The van der Waals surface area contributed by atoms with Crippen molar-refractivity contribution in [3.05, 3.63) is 39.9 Å². The van der Waals surface area contributed by atoms with Gasteiger partial charge in [0.05, 0.1) is 28.9 Å². The summed E-state index contributed by atoms with van der Waals surface area (Å²) in [5.74, 6) is 1.60. The lowest BCUT2D eigenvalue weighted by molar-refractivity contribution is 0.0124. The van der Waals surface area contributed by atoms with Crippen LogP contribution in [-0.2, 0) is 4.74 Å². The lowest BCUT2D eigenvalue weighted by atomic mass is 9.92. The molecule has 2 atom stereocenters. The number of methoxy groups -OCH3 is 1. The van der Waals surface area contributed by atoms with Crippen molar-refractivity contribution in [2.75, 3.05) is 32.2 Å². The van der Waals surface area contributed by atoms with Gasteiger partial charge in [-0.1, -0.05) is 29.3 Å². The molecule has 0 bridgehead atoms. The number of amides is 1. The molecule has 0 saturated carbocycles. The maximum atomic E-state index is 15.5. The molecule has 1 amide bonds. The minimum absolute atomic E-state index is 0.0552. The summed E-state index contributed by atoms with van der Waals surface area (Å²) in [7, 11) is 1.58. The molecule has 3 aliphatic rings. The van der Waals surface area contributed by atoms with Gasteiger partial charge < -0.3 is 29.7 Å². The Morgan fingerprint density at radius 3 is 2.59 bits per heavy atom. The molecule has 1 fully saturated rings. The van der Waals surface area contributed by atoms with Gasteiger partial charge in [0.1, 0.15) is 24.2 Å². The van der Waals surface area contributed by atoms with Gasteiger partial charge in [0.2, 0.25) is 0 Å². The summed E-state index contributed by atoms with van der Waals surface area (Å²) in [6.07, 6.45) is 4.08. The Labute approximate surface area is 226 Å². The summed E-state index contributed by atoms with van der Waals surface area (Å²) < 4.78 is 32.9. The van der Waals surface area contributed by atoms with Crippen LogP contribution >= 0.6 is 23.2 Å². The fourth-order valence-corrected chi connectivity index (χ4v) is 4.80. The fraction of sp³-hybridized carbons (Fsp3) is 0.538. The highest BCUT2D eigenvalue weighted by atomic mass is 35.5. The zero-order valence-corrected chi connectivity index (χ0v) is 23.2. The van der Waals surface area contributed by atoms with Gasteiger partial charge in [-0.2, -0.15) is 0 Å². The Bertz CT molecular complexity index is 1140. The molecule has 2 N–H and O–H groups in total. The Morgan fingerprint density at radius 2 is 1.95 bits per heavy atom. The number of fused-ring (bicyclic) bond motifs is 1. The quantitative estimate of drug-likeness (QED) is 0.507. The highest BCUT2D eigenvalue weighted by molar-refractivity contribution is 6.41. The van der Waals surface area contributed by atoms with Gasteiger partial charge in [0.25, 0.3) is 0 Å². The number of benzene rings is 1. The number of nitrogens with zero attached hydrogens (tertiary/aromatic N) is 2. The molecule has 8 nitrogen and oxygen atoms in total. The molecule has 0 spiro atoms. The summed E-state index contributed by atoms with van der Waals surface area (Å²) >= 11 is 12.2. The van der Waals surface area contributed by atoms with Gasteiger partial charge >= 0.3 is 6.09 Å². The Morgan fingerprint density at radius 1 is 1.24 bits per heavy atom. The molecule has 1 saturated heterocycles. The van der Waals surface area contributed by atoms with Crippen LogP contribution in [0.15, 0.2) is 39.3 Å². The average Bonchev–Trinajstić information content (AvgIpc) is 2.84. The Balaban J connectivity index is 1.49. The number of alkyl halides is 1. The Kier molecular flexibility index (Phi) is 7.85. The van der Waals surface area contributed by atoms with Crippen molar-refractivity contribution in [1.82, 2.24) is 10.2 Å². The molecule has 4 rings (SSSR count). The summed E-state index contributed by atoms with van der Waals surface area (Å²) in [4.78, 5) is 18.6. The van der Waals surface area contributed by atoms with E-state index in [9.17, 15) is 4.79 Å². The van der Waals surface area contributed by atoms with Crippen molar-refractivity contribution in [3.63, 3.8) is 0 Å². The van der Waals surface area contributed by atoms with E-state index in [0.29, 0.717) is 55.5 Å². The minimum Gasteiger partial charge on any atom is -0.493 e. The molecule has 1 aromatic carbocycles. The number of nitrogens with one attached hydrogen (secondary N) is 2. The van der Waals surface area contributed by atoms with E-state index in [2.05, 4.69) is 15.6 Å². The smallest absolute Gasteiger partial charge is 0.410 e. The first-order chi connectivity index (χ1) is 17.4. The molecule has 11 heteroatoms. The van der Waals surface area contributed by atoms with Crippen molar-refractivity contribution in [2.24, 2.45) is 4.99 Å². The number of allylic oxidation sites excluding steroid dienone is 2. The first kappa shape index (κ1) is 27.4. The van der Waals surface area contributed by atoms with Crippen LogP contribution in [0.1, 0.15) is 46.1 Å². The van der Waals surface area contributed by atoms with Crippen LogP contribution in [0, 0.1) is 0 Å². The van der Waals surface area contributed by atoms with E-state index in [1.807, 2.05) is 32.9 Å². The van der Waals surface area contributed by atoms with E-state index in [1.54, 1.807) is 24.2 Å². The maximum Gasteiger partial charge on any atom is 0.410 e. The van der Waals surface area contributed by atoms with Crippen molar-refractivity contribution in [2.45, 2.75) is 64.0 Å². The van der Waals surface area contributed by atoms with Crippen LogP contribution in [0.5, 0.6) is 11.5 Å². The maximum absolute atomic E-state index is 15.5. The van der Waals surface area contributed by atoms with E-state index < -0.39 is 17.3 Å². The minimum atomic E-state index is -1.91. The number of likely N-dealkylation sites (tertiary alicyclic amines) is 1. The fourth-order valence-electron chi connectivity index (χ4n) is 4.36. The zero-order valence-electron chi connectivity index (χ0n) is 21.7. The van der Waals surface area contributed by atoms with Crippen LogP contribution in [0.3, 0.4) is 0 Å². The molecule has 0 radical (unpaired) electrons. The number of ether oxygens (including phenoxy) is 3. The van der Waals surface area contributed by atoms with Gasteiger partial charge in [-0.3, -0.25) is 0 Å². The third-order valence-corrected chi connectivity index (χ3v) is 7.39. The van der Waals surface area contributed by atoms with Gasteiger partial charge in [-0.05, 0) is 39.8 Å². The summed E-state index contributed by atoms with van der Waals surface area (Å²) in [5, 5.41) is 6.52. The molecule has 2 heterocycles. The van der Waals surface area contributed by atoms with Gasteiger partial charge in [0.15, 0.2) is 17.2 Å². The molecule has 2 aliphatic heterocycles. The van der Waals surface area contributed by atoms with E-state index in [4.69, 9.17) is 37.4 Å². The lowest BCUT2D eigenvalue weighted by Crippen LogP contribution is -2.49. The van der Waals surface area contributed by atoms with Gasteiger partial charge in [-0.15, -0.1) is 0 Å². The average molecular weight is 555 g/mol. The van der Waals surface area contributed by atoms with Crippen molar-refractivity contribution in [1.29, 1.82) is 0 Å². The van der Waals surface area contributed by atoms with Crippen LogP contribution in [0.2, 0.25) is 0 Å². The number of halogens is 3. The predicted molar refractivity (Wildman–Crippen MR) is 144 cm³/mol. The molecule has 2 unspecified atom stereocenters. The zero-order chi connectivity index (χ0) is 27.0. The standard InChI is InChI=1S/C26H33Cl2FN4O4/c1-25(2,3)37-24(34)33-10-8-15(9-11-33)36-20-12-16-18(13-19(20)35-5)30-14-31-23(16)32-21-7-6-17(27)22(28)26(21,4)29/h6-7,12-13,15,21,30H,8-11,14H2,1-5H3,(H,31,32).